The number of hydrogen-bond donors (Lipinski definition) is 2. The number of hydrogen-bond acceptors (Lipinski definition) is 3. The summed E-state index contributed by atoms with van der Waals surface area (Å²) >= 11 is 3.36. The smallest absolute Gasteiger partial charge is 0.262 e. The third-order valence-corrected chi connectivity index (χ3v) is 3.34. The molecule has 0 aliphatic rings. The molecule has 0 fully saturated rings. The van der Waals surface area contributed by atoms with Gasteiger partial charge in [0.2, 0.25) is 0 Å². The second-order valence-corrected chi connectivity index (χ2v) is 5.43. The highest BCUT2D eigenvalue weighted by Crippen LogP contribution is 2.09. The molecule has 4 nitrogen and oxygen atoms in total. The maximum atomic E-state index is 11.9. The summed E-state index contributed by atoms with van der Waals surface area (Å²) in [6.07, 6.45) is 1.61. The number of nitrogens with zero attached hydrogens (tertiary/aromatic N) is 1. The van der Waals surface area contributed by atoms with Crippen LogP contribution in [0.5, 0.6) is 0 Å². The maximum Gasteiger partial charge on any atom is 0.262 e. The van der Waals surface area contributed by atoms with Gasteiger partial charge in [-0.05, 0) is 36.8 Å². The highest BCUT2D eigenvalue weighted by atomic mass is 79.9. The Bertz CT molecular complexity index is 611. The third kappa shape index (κ3) is 5.04. The molecular formula is C16H16BrN3O. The van der Waals surface area contributed by atoms with Crippen LogP contribution in [0, 0.1) is 0 Å². The minimum Gasteiger partial charge on any atom is -0.374 e. The number of amides is 1. The lowest BCUT2D eigenvalue weighted by atomic mass is 10.2. The largest absolute Gasteiger partial charge is 0.374 e. The third-order valence-electron chi connectivity index (χ3n) is 2.81. The minimum atomic E-state index is -0.366. The first-order valence-corrected chi connectivity index (χ1v) is 7.34. The van der Waals surface area contributed by atoms with E-state index in [-0.39, 0.29) is 11.9 Å². The Kier molecular flexibility index (Phi) is 5.51. The van der Waals surface area contributed by atoms with Crippen LogP contribution in [0.2, 0.25) is 0 Å². The van der Waals surface area contributed by atoms with Crippen LogP contribution in [-0.2, 0) is 4.79 Å². The summed E-state index contributed by atoms with van der Waals surface area (Å²) in [5.41, 5.74) is 4.34. The summed E-state index contributed by atoms with van der Waals surface area (Å²) in [6.45, 7) is 1.79. The molecule has 0 radical (unpaired) electrons. The van der Waals surface area contributed by atoms with Crippen LogP contribution in [-0.4, -0.2) is 18.2 Å². The van der Waals surface area contributed by atoms with Gasteiger partial charge in [-0.15, -0.1) is 0 Å². The van der Waals surface area contributed by atoms with Crippen LogP contribution < -0.4 is 10.7 Å². The lowest BCUT2D eigenvalue weighted by Crippen LogP contribution is -2.34. The van der Waals surface area contributed by atoms with E-state index in [0.717, 1.165) is 15.7 Å². The quantitative estimate of drug-likeness (QED) is 0.644. The van der Waals surface area contributed by atoms with Crippen LogP contribution in [0.15, 0.2) is 64.2 Å². The fourth-order valence-electron chi connectivity index (χ4n) is 1.67. The number of hydrazone groups is 1. The molecule has 0 spiro atoms. The van der Waals surface area contributed by atoms with Crippen molar-refractivity contribution in [3.05, 3.63) is 64.6 Å². The van der Waals surface area contributed by atoms with Gasteiger partial charge in [0.15, 0.2) is 0 Å². The van der Waals surface area contributed by atoms with Crippen molar-refractivity contribution in [2.24, 2.45) is 5.10 Å². The Morgan fingerprint density at radius 1 is 1.14 bits per heavy atom. The van der Waals surface area contributed by atoms with Crippen molar-refractivity contribution in [1.82, 2.24) is 5.43 Å². The molecule has 0 unspecified atom stereocenters. The van der Waals surface area contributed by atoms with E-state index in [0.29, 0.717) is 0 Å². The number of carbonyl (C=O) groups is 1. The Morgan fingerprint density at radius 3 is 2.48 bits per heavy atom. The molecule has 108 valence electrons. The van der Waals surface area contributed by atoms with Crippen LogP contribution >= 0.6 is 15.9 Å². The van der Waals surface area contributed by atoms with Gasteiger partial charge in [0, 0.05) is 10.2 Å². The van der Waals surface area contributed by atoms with Gasteiger partial charge in [0.1, 0.15) is 6.04 Å². The van der Waals surface area contributed by atoms with Gasteiger partial charge in [0.05, 0.1) is 6.21 Å². The molecule has 21 heavy (non-hydrogen) atoms. The van der Waals surface area contributed by atoms with Crippen LogP contribution in [0.3, 0.4) is 0 Å². The maximum absolute atomic E-state index is 11.9. The zero-order chi connectivity index (χ0) is 15.1. The standard InChI is InChI=1S/C16H16BrN3O/c1-12(19-15-5-3-2-4-6-15)16(21)20-18-11-13-7-9-14(17)10-8-13/h2-12,19H,1H3,(H,20,21)/b18-11-/t12-/m1/s1. The van der Waals surface area contributed by atoms with Crippen molar-refractivity contribution in [3.63, 3.8) is 0 Å². The Hall–Kier alpha value is -2.14. The SMILES string of the molecule is C[C@@H](Nc1ccccc1)C(=O)N/N=C\c1ccc(Br)cc1. The zero-order valence-electron chi connectivity index (χ0n) is 11.6. The normalized spacial score (nSPS) is 12.1. The molecule has 0 aromatic heterocycles. The molecule has 0 aliphatic carbocycles. The predicted octanol–water partition coefficient (Wildman–Crippen LogP) is 3.40. The topological polar surface area (TPSA) is 53.5 Å². The second-order valence-electron chi connectivity index (χ2n) is 4.52. The summed E-state index contributed by atoms with van der Waals surface area (Å²) in [7, 11) is 0. The van der Waals surface area contributed by atoms with E-state index in [4.69, 9.17) is 0 Å². The molecule has 0 saturated carbocycles. The lowest BCUT2D eigenvalue weighted by molar-refractivity contribution is -0.121. The fourth-order valence-corrected chi connectivity index (χ4v) is 1.93. The molecule has 0 bridgehead atoms. The van der Waals surface area contributed by atoms with Crippen LogP contribution in [0.1, 0.15) is 12.5 Å². The van der Waals surface area contributed by atoms with Crippen LogP contribution in [0.4, 0.5) is 5.69 Å². The summed E-state index contributed by atoms with van der Waals surface area (Å²) in [6, 6.07) is 16.9. The Labute approximate surface area is 132 Å². The number of nitrogens with one attached hydrogen (secondary N) is 2. The van der Waals surface area contributed by atoms with E-state index in [9.17, 15) is 4.79 Å². The van der Waals surface area contributed by atoms with Crippen molar-refractivity contribution in [2.75, 3.05) is 5.32 Å². The summed E-state index contributed by atoms with van der Waals surface area (Å²) in [4.78, 5) is 11.9. The van der Waals surface area contributed by atoms with Crippen molar-refractivity contribution in [1.29, 1.82) is 0 Å². The second kappa shape index (κ2) is 7.59. The zero-order valence-corrected chi connectivity index (χ0v) is 13.2. The van der Waals surface area contributed by atoms with Crippen molar-refractivity contribution in [3.8, 4) is 0 Å². The number of rotatable bonds is 5. The van der Waals surface area contributed by atoms with Crippen molar-refractivity contribution in [2.45, 2.75) is 13.0 Å². The van der Waals surface area contributed by atoms with Gasteiger partial charge >= 0.3 is 0 Å². The first kappa shape index (κ1) is 15.3. The molecule has 0 aliphatic heterocycles. The number of anilines is 1. The van der Waals surface area contributed by atoms with E-state index >= 15 is 0 Å². The van der Waals surface area contributed by atoms with E-state index in [2.05, 4.69) is 31.8 Å². The molecule has 2 aromatic rings. The van der Waals surface area contributed by atoms with Crippen molar-refractivity contribution >= 4 is 33.7 Å². The predicted molar refractivity (Wildman–Crippen MR) is 89.4 cm³/mol. The molecular weight excluding hydrogens is 330 g/mol. The fraction of sp³-hybridized carbons (Fsp3) is 0.125. The van der Waals surface area contributed by atoms with E-state index in [1.54, 1.807) is 13.1 Å². The average Bonchev–Trinajstić information content (AvgIpc) is 2.50. The molecule has 2 rings (SSSR count). The average molecular weight is 346 g/mol. The highest BCUT2D eigenvalue weighted by molar-refractivity contribution is 9.10. The van der Waals surface area contributed by atoms with Gasteiger partial charge in [-0.3, -0.25) is 4.79 Å². The van der Waals surface area contributed by atoms with Crippen molar-refractivity contribution < 1.29 is 4.79 Å². The van der Waals surface area contributed by atoms with Crippen LogP contribution in [0.25, 0.3) is 0 Å². The van der Waals surface area contributed by atoms with E-state index in [1.807, 2.05) is 54.6 Å². The molecule has 0 saturated heterocycles. The number of halogens is 1. The van der Waals surface area contributed by atoms with Gasteiger partial charge in [-0.1, -0.05) is 46.3 Å². The molecule has 5 heteroatoms. The molecule has 1 atom stereocenters. The lowest BCUT2D eigenvalue weighted by Gasteiger charge is -2.13. The Morgan fingerprint density at radius 2 is 1.81 bits per heavy atom. The monoisotopic (exact) mass is 345 g/mol. The molecule has 1 amide bonds. The van der Waals surface area contributed by atoms with Gasteiger partial charge in [0.25, 0.3) is 5.91 Å². The number of benzene rings is 2. The molecule has 0 heterocycles. The first-order chi connectivity index (χ1) is 10.1. The Balaban J connectivity index is 1.85. The highest BCUT2D eigenvalue weighted by Gasteiger charge is 2.10. The number of carbonyl (C=O) groups excluding carboxylic acids is 1. The first-order valence-electron chi connectivity index (χ1n) is 6.55. The summed E-state index contributed by atoms with van der Waals surface area (Å²) in [5, 5.41) is 7.06. The summed E-state index contributed by atoms with van der Waals surface area (Å²) in [5.74, 6) is -0.188. The molecule has 2 aromatic carbocycles. The van der Waals surface area contributed by atoms with E-state index in [1.165, 1.54) is 0 Å². The molecule has 2 N–H and O–H groups in total. The van der Waals surface area contributed by atoms with Gasteiger partial charge < -0.3 is 5.32 Å². The summed E-state index contributed by atoms with van der Waals surface area (Å²) < 4.78 is 1.00. The van der Waals surface area contributed by atoms with Gasteiger partial charge in [-0.25, -0.2) is 5.43 Å². The van der Waals surface area contributed by atoms with E-state index < -0.39 is 0 Å². The number of para-hydroxylation sites is 1. The van der Waals surface area contributed by atoms with Gasteiger partial charge in [-0.2, -0.15) is 5.10 Å². The minimum absolute atomic E-state index is 0.188.